The molecule has 2 aromatic rings. The van der Waals surface area contributed by atoms with Gasteiger partial charge in [-0.1, -0.05) is 41.6 Å². The number of rotatable bonds is 3. The van der Waals surface area contributed by atoms with E-state index in [0.29, 0.717) is 16.0 Å². The Morgan fingerprint density at radius 2 is 1.96 bits per heavy atom. The summed E-state index contributed by atoms with van der Waals surface area (Å²) in [5, 5.41) is 1.04. The molecule has 0 atom stereocenters. The molecule has 0 aromatic heterocycles. The minimum absolute atomic E-state index is 0.216. The van der Waals surface area contributed by atoms with Gasteiger partial charge in [0, 0.05) is 5.56 Å². The van der Waals surface area contributed by atoms with Crippen molar-refractivity contribution in [3.8, 4) is 0 Å². The van der Waals surface area contributed by atoms with E-state index in [1.165, 1.54) is 12.1 Å². The van der Waals surface area contributed by atoms with Gasteiger partial charge in [0.15, 0.2) is 4.32 Å². The lowest BCUT2D eigenvalue weighted by Gasteiger charge is -2.15. The zero-order valence-electron chi connectivity index (χ0n) is 13.2. The largest absolute Gasteiger partial charge is 0.285 e. The van der Waals surface area contributed by atoms with Crippen LogP contribution in [-0.2, 0) is 4.79 Å². The number of carbonyl (C=O) groups is 2. The summed E-state index contributed by atoms with van der Waals surface area (Å²) in [5.74, 6) is -1.26. The number of hydrogen-bond donors (Lipinski definition) is 1. The standard InChI is InChI=1S/C18H13FN2O2S2/c1-11-5-7-13(8-6-11)16(22)20-21-17(23)15(25-18(21)24)10-12-3-2-4-14(19)9-12/h2-10H,1H3,(H,20,22)/b15-10+. The minimum Gasteiger partial charge on any atom is -0.267 e. The molecule has 0 unspecified atom stereocenters. The van der Waals surface area contributed by atoms with E-state index in [9.17, 15) is 14.0 Å². The lowest BCUT2D eigenvalue weighted by Crippen LogP contribution is -2.44. The highest BCUT2D eigenvalue weighted by Crippen LogP contribution is 2.31. The monoisotopic (exact) mass is 372 g/mol. The molecule has 0 saturated carbocycles. The average molecular weight is 372 g/mol. The maximum atomic E-state index is 13.3. The molecule has 0 aliphatic carbocycles. The molecule has 2 aromatic carbocycles. The second kappa shape index (κ2) is 7.16. The van der Waals surface area contributed by atoms with Crippen molar-refractivity contribution in [1.29, 1.82) is 0 Å². The first-order valence-electron chi connectivity index (χ1n) is 7.35. The fourth-order valence-corrected chi connectivity index (χ4v) is 3.36. The highest BCUT2D eigenvalue weighted by Gasteiger charge is 2.33. The number of amides is 2. The summed E-state index contributed by atoms with van der Waals surface area (Å²) in [6.07, 6.45) is 1.54. The SMILES string of the molecule is Cc1ccc(C(=O)NN2C(=O)/C(=C\c3cccc(F)c3)SC2=S)cc1. The van der Waals surface area contributed by atoms with Gasteiger partial charge in [-0.3, -0.25) is 15.0 Å². The quantitative estimate of drug-likeness (QED) is 0.660. The molecule has 7 heteroatoms. The molecular formula is C18H13FN2O2S2. The third kappa shape index (κ3) is 3.94. The number of nitrogens with one attached hydrogen (secondary N) is 1. The molecule has 25 heavy (non-hydrogen) atoms. The Kier molecular flexibility index (Phi) is 4.96. The van der Waals surface area contributed by atoms with Crippen molar-refractivity contribution >= 4 is 46.2 Å². The van der Waals surface area contributed by atoms with Crippen LogP contribution in [0.5, 0.6) is 0 Å². The van der Waals surface area contributed by atoms with Crippen LogP contribution in [0.1, 0.15) is 21.5 Å². The summed E-state index contributed by atoms with van der Waals surface area (Å²) in [7, 11) is 0. The van der Waals surface area contributed by atoms with Crippen molar-refractivity contribution in [3.05, 3.63) is 75.9 Å². The number of halogens is 1. The number of hydrazine groups is 1. The number of nitrogens with zero attached hydrogens (tertiary/aromatic N) is 1. The fraction of sp³-hybridized carbons (Fsp3) is 0.0556. The van der Waals surface area contributed by atoms with Crippen LogP contribution in [0.3, 0.4) is 0 Å². The second-order valence-electron chi connectivity index (χ2n) is 5.38. The van der Waals surface area contributed by atoms with Gasteiger partial charge >= 0.3 is 0 Å². The molecule has 1 fully saturated rings. The molecule has 1 aliphatic rings. The first-order chi connectivity index (χ1) is 11.9. The predicted molar refractivity (Wildman–Crippen MR) is 100 cm³/mol. The molecule has 1 N–H and O–H groups in total. The van der Waals surface area contributed by atoms with E-state index in [-0.39, 0.29) is 4.32 Å². The van der Waals surface area contributed by atoms with Crippen molar-refractivity contribution in [1.82, 2.24) is 10.4 Å². The molecular weight excluding hydrogens is 359 g/mol. The van der Waals surface area contributed by atoms with Gasteiger partial charge in [0.2, 0.25) is 0 Å². The Balaban J connectivity index is 1.77. The molecule has 2 amide bonds. The average Bonchev–Trinajstić information content (AvgIpc) is 2.83. The van der Waals surface area contributed by atoms with Crippen LogP contribution in [0.2, 0.25) is 0 Å². The molecule has 1 saturated heterocycles. The maximum Gasteiger partial charge on any atom is 0.285 e. The third-order valence-electron chi connectivity index (χ3n) is 3.47. The van der Waals surface area contributed by atoms with E-state index in [1.54, 1.807) is 30.3 Å². The second-order valence-corrected chi connectivity index (χ2v) is 7.05. The summed E-state index contributed by atoms with van der Waals surface area (Å²) in [5.41, 5.74) is 4.51. The summed E-state index contributed by atoms with van der Waals surface area (Å²) in [6.45, 7) is 1.92. The molecule has 126 valence electrons. The molecule has 0 spiro atoms. The molecule has 4 nitrogen and oxygen atoms in total. The van der Waals surface area contributed by atoms with Crippen LogP contribution in [0, 0.1) is 12.7 Å². The third-order valence-corrected chi connectivity index (χ3v) is 4.77. The minimum atomic E-state index is -0.445. The van der Waals surface area contributed by atoms with E-state index < -0.39 is 17.6 Å². The number of aryl methyl sites for hydroxylation is 1. The Bertz CT molecular complexity index is 894. The molecule has 3 rings (SSSR count). The zero-order valence-corrected chi connectivity index (χ0v) is 14.8. The first kappa shape index (κ1) is 17.3. The zero-order chi connectivity index (χ0) is 18.0. The van der Waals surface area contributed by atoms with Gasteiger partial charge in [0.1, 0.15) is 5.82 Å². The van der Waals surface area contributed by atoms with E-state index >= 15 is 0 Å². The number of thioether (sulfide) groups is 1. The Hall–Kier alpha value is -2.51. The van der Waals surface area contributed by atoms with E-state index in [2.05, 4.69) is 5.43 Å². The topological polar surface area (TPSA) is 49.4 Å². The van der Waals surface area contributed by atoms with Gasteiger partial charge in [0.05, 0.1) is 4.91 Å². The van der Waals surface area contributed by atoms with E-state index in [1.807, 2.05) is 19.1 Å². The molecule has 0 radical (unpaired) electrons. The van der Waals surface area contributed by atoms with Gasteiger partial charge in [-0.15, -0.1) is 0 Å². The summed E-state index contributed by atoms with van der Waals surface area (Å²) >= 11 is 6.22. The van der Waals surface area contributed by atoms with Gasteiger partial charge in [-0.25, -0.2) is 4.39 Å². The van der Waals surface area contributed by atoms with Crippen molar-refractivity contribution in [2.75, 3.05) is 0 Å². The van der Waals surface area contributed by atoms with Crippen LogP contribution >= 0.6 is 24.0 Å². The highest BCUT2D eigenvalue weighted by molar-refractivity contribution is 8.26. The van der Waals surface area contributed by atoms with Crippen LogP contribution in [0.15, 0.2) is 53.4 Å². The summed E-state index contributed by atoms with van der Waals surface area (Å²) in [4.78, 5) is 25.1. The smallest absolute Gasteiger partial charge is 0.267 e. The Labute approximate surface area is 153 Å². The number of carbonyl (C=O) groups excluding carboxylic acids is 2. The highest BCUT2D eigenvalue weighted by atomic mass is 32.2. The summed E-state index contributed by atoms with van der Waals surface area (Å²) < 4.78 is 13.5. The van der Waals surface area contributed by atoms with Gasteiger partial charge in [-0.05, 0) is 55.0 Å². The number of hydrogen-bond acceptors (Lipinski definition) is 4. The van der Waals surface area contributed by atoms with E-state index in [4.69, 9.17) is 12.2 Å². The van der Waals surface area contributed by atoms with Crippen LogP contribution in [0.4, 0.5) is 4.39 Å². The molecule has 1 aliphatic heterocycles. The fourth-order valence-electron chi connectivity index (χ4n) is 2.18. The van der Waals surface area contributed by atoms with Crippen LogP contribution < -0.4 is 5.43 Å². The van der Waals surface area contributed by atoms with Gasteiger partial charge in [-0.2, -0.15) is 5.01 Å². The number of benzene rings is 2. The van der Waals surface area contributed by atoms with E-state index in [0.717, 1.165) is 22.3 Å². The predicted octanol–water partition coefficient (Wildman–Crippen LogP) is 3.68. The molecule has 1 heterocycles. The lowest BCUT2D eigenvalue weighted by atomic mass is 10.1. The number of thiocarbonyl (C=S) groups is 1. The van der Waals surface area contributed by atoms with Crippen molar-refractivity contribution < 1.29 is 14.0 Å². The summed E-state index contributed by atoms with van der Waals surface area (Å²) in [6, 6.07) is 12.8. The lowest BCUT2D eigenvalue weighted by molar-refractivity contribution is -0.123. The maximum absolute atomic E-state index is 13.3. The van der Waals surface area contributed by atoms with Gasteiger partial charge in [0.25, 0.3) is 11.8 Å². The van der Waals surface area contributed by atoms with Crippen LogP contribution in [0.25, 0.3) is 6.08 Å². The first-order valence-corrected chi connectivity index (χ1v) is 8.58. The molecule has 0 bridgehead atoms. The van der Waals surface area contributed by atoms with Gasteiger partial charge < -0.3 is 0 Å². The normalized spacial score (nSPS) is 15.8. The Morgan fingerprint density at radius 1 is 1.24 bits per heavy atom. The van der Waals surface area contributed by atoms with Crippen molar-refractivity contribution in [2.45, 2.75) is 6.92 Å². The Morgan fingerprint density at radius 3 is 2.64 bits per heavy atom. The van der Waals surface area contributed by atoms with Crippen molar-refractivity contribution in [3.63, 3.8) is 0 Å². The van der Waals surface area contributed by atoms with Crippen LogP contribution in [-0.4, -0.2) is 21.1 Å². The van der Waals surface area contributed by atoms with Crippen molar-refractivity contribution in [2.24, 2.45) is 0 Å².